The highest BCUT2D eigenvalue weighted by Crippen LogP contribution is 2.31. The summed E-state index contributed by atoms with van der Waals surface area (Å²) < 4.78 is 11.2. The lowest BCUT2D eigenvalue weighted by molar-refractivity contribution is 0.0489. The summed E-state index contributed by atoms with van der Waals surface area (Å²) in [7, 11) is 0. The number of ether oxygens (including phenoxy) is 2. The molecule has 1 saturated carbocycles. The number of aromatic nitrogens is 1. The van der Waals surface area contributed by atoms with Gasteiger partial charge in [-0.05, 0) is 50.3 Å². The Morgan fingerprint density at radius 3 is 2.84 bits per heavy atom. The van der Waals surface area contributed by atoms with Gasteiger partial charge in [0, 0.05) is 17.0 Å². The molecule has 5 heteroatoms. The quantitative estimate of drug-likeness (QED) is 0.613. The standard InChI is InChI=1S/C20H25NO4/c1-2-3-11-24-20(23)18-19(22)17-10-9-16(12-14(17)13-21-18)25-15-7-5-4-6-8-15/h9-10,12-13,15,22H,2-8,11H2,1H3. The first-order chi connectivity index (χ1) is 12.2. The molecule has 0 saturated heterocycles. The molecule has 0 amide bonds. The van der Waals surface area contributed by atoms with Crippen LogP contribution in [0.2, 0.25) is 0 Å². The molecule has 1 aliphatic rings. The topological polar surface area (TPSA) is 68.7 Å². The smallest absolute Gasteiger partial charge is 0.360 e. The number of aromatic hydroxyl groups is 1. The largest absolute Gasteiger partial charge is 0.505 e. The maximum atomic E-state index is 12.0. The van der Waals surface area contributed by atoms with Crippen molar-refractivity contribution in [3.05, 3.63) is 30.1 Å². The molecule has 1 fully saturated rings. The first-order valence-electron chi connectivity index (χ1n) is 9.14. The SMILES string of the molecule is CCCCOC(=O)c1ncc2cc(OC3CCCCC3)ccc2c1O. The molecule has 1 N–H and O–H groups in total. The first kappa shape index (κ1) is 17.5. The predicted molar refractivity (Wildman–Crippen MR) is 96.1 cm³/mol. The lowest BCUT2D eigenvalue weighted by Gasteiger charge is -2.23. The molecule has 1 aliphatic carbocycles. The van der Waals surface area contributed by atoms with Crippen molar-refractivity contribution >= 4 is 16.7 Å². The van der Waals surface area contributed by atoms with E-state index in [1.807, 2.05) is 19.1 Å². The fourth-order valence-corrected chi connectivity index (χ4v) is 3.16. The number of benzene rings is 1. The molecule has 0 radical (unpaired) electrons. The van der Waals surface area contributed by atoms with E-state index in [2.05, 4.69) is 4.98 Å². The van der Waals surface area contributed by atoms with Gasteiger partial charge in [-0.1, -0.05) is 19.8 Å². The van der Waals surface area contributed by atoms with E-state index >= 15 is 0 Å². The van der Waals surface area contributed by atoms with Crippen molar-refractivity contribution in [2.45, 2.75) is 58.0 Å². The van der Waals surface area contributed by atoms with Gasteiger partial charge in [0.1, 0.15) is 5.75 Å². The summed E-state index contributed by atoms with van der Waals surface area (Å²) in [5, 5.41) is 11.7. The molecular formula is C20H25NO4. The summed E-state index contributed by atoms with van der Waals surface area (Å²) in [5.74, 6) is 0.0532. The van der Waals surface area contributed by atoms with Crippen molar-refractivity contribution in [2.75, 3.05) is 6.61 Å². The van der Waals surface area contributed by atoms with Crippen LogP contribution in [-0.4, -0.2) is 28.8 Å². The zero-order chi connectivity index (χ0) is 17.6. The maximum Gasteiger partial charge on any atom is 0.360 e. The highest BCUT2D eigenvalue weighted by molar-refractivity contribution is 5.99. The van der Waals surface area contributed by atoms with Gasteiger partial charge in [0.05, 0.1) is 12.7 Å². The minimum absolute atomic E-state index is 0.0375. The third-order valence-electron chi connectivity index (χ3n) is 4.61. The van der Waals surface area contributed by atoms with Crippen LogP contribution in [-0.2, 0) is 4.74 Å². The second-order valence-corrected chi connectivity index (χ2v) is 6.57. The van der Waals surface area contributed by atoms with Gasteiger partial charge in [-0.3, -0.25) is 0 Å². The van der Waals surface area contributed by atoms with Gasteiger partial charge >= 0.3 is 5.97 Å². The fourth-order valence-electron chi connectivity index (χ4n) is 3.16. The Hall–Kier alpha value is -2.30. The Bertz CT molecular complexity index is 738. The van der Waals surface area contributed by atoms with Crippen molar-refractivity contribution < 1.29 is 19.4 Å². The minimum atomic E-state index is -0.588. The van der Waals surface area contributed by atoms with E-state index in [1.165, 1.54) is 19.3 Å². The highest BCUT2D eigenvalue weighted by Gasteiger charge is 2.18. The van der Waals surface area contributed by atoms with Gasteiger partial charge in [0.15, 0.2) is 11.4 Å². The van der Waals surface area contributed by atoms with Crippen molar-refractivity contribution in [3.8, 4) is 11.5 Å². The molecule has 0 bridgehead atoms. The number of unbranched alkanes of at least 4 members (excludes halogenated alkanes) is 1. The summed E-state index contributed by atoms with van der Waals surface area (Å²) in [6.45, 7) is 2.36. The van der Waals surface area contributed by atoms with E-state index < -0.39 is 5.97 Å². The van der Waals surface area contributed by atoms with Crippen molar-refractivity contribution in [1.29, 1.82) is 0 Å². The summed E-state index contributed by atoms with van der Waals surface area (Å²) >= 11 is 0. The van der Waals surface area contributed by atoms with Crippen LogP contribution in [0.25, 0.3) is 10.8 Å². The molecule has 1 aromatic carbocycles. The van der Waals surface area contributed by atoms with E-state index in [9.17, 15) is 9.90 Å². The normalized spacial score (nSPS) is 15.2. The molecule has 0 unspecified atom stereocenters. The van der Waals surface area contributed by atoms with Crippen LogP contribution >= 0.6 is 0 Å². The van der Waals surface area contributed by atoms with E-state index in [1.54, 1.807) is 12.3 Å². The molecule has 5 nitrogen and oxygen atoms in total. The third-order valence-corrected chi connectivity index (χ3v) is 4.61. The van der Waals surface area contributed by atoms with Crippen LogP contribution in [0.4, 0.5) is 0 Å². The van der Waals surface area contributed by atoms with Crippen molar-refractivity contribution in [1.82, 2.24) is 4.98 Å². The molecule has 0 aliphatic heterocycles. The van der Waals surface area contributed by atoms with Crippen LogP contribution in [0.1, 0.15) is 62.4 Å². The number of carbonyl (C=O) groups excluding carboxylic acids is 1. The molecule has 1 heterocycles. The van der Waals surface area contributed by atoms with Crippen molar-refractivity contribution in [3.63, 3.8) is 0 Å². The van der Waals surface area contributed by atoms with Gasteiger partial charge < -0.3 is 14.6 Å². The second-order valence-electron chi connectivity index (χ2n) is 6.57. The number of esters is 1. The van der Waals surface area contributed by atoms with E-state index in [-0.39, 0.29) is 17.5 Å². The molecular weight excluding hydrogens is 318 g/mol. The lowest BCUT2D eigenvalue weighted by atomic mass is 9.98. The zero-order valence-corrected chi connectivity index (χ0v) is 14.7. The average molecular weight is 343 g/mol. The van der Waals surface area contributed by atoms with Crippen LogP contribution in [0.5, 0.6) is 11.5 Å². The number of pyridine rings is 1. The Kier molecular flexibility index (Phi) is 5.74. The number of fused-ring (bicyclic) bond motifs is 1. The monoisotopic (exact) mass is 343 g/mol. The zero-order valence-electron chi connectivity index (χ0n) is 14.7. The lowest BCUT2D eigenvalue weighted by Crippen LogP contribution is -2.19. The van der Waals surface area contributed by atoms with Crippen molar-refractivity contribution in [2.24, 2.45) is 0 Å². The fraction of sp³-hybridized carbons (Fsp3) is 0.500. The Morgan fingerprint density at radius 1 is 1.28 bits per heavy atom. The van der Waals surface area contributed by atoms with E-state index in [0.29, 0.717) is 12.0 Å². The van der Waals surface area contributed by atoms with Gasteiger partial charge in [-0.15, -0.1) is 0 Å². The summed E-state index contributed by atoms with van der Waals surface area (Å²) in [6.07, 6.45) is 9.46. The molecule has 0 spiro atoms. The third kappa shape index (κ3) is 4.21. The van der Waals surface area contributed by atoms with Crippen LogP contribution in [0.3, 0.4) is 0 Å². The minimum Gasteiger partial charge on any atom is -0.505 e. The Balaban J connectivity index is 1.77. The second kappa shape index (κ2) is 8.19. The van der Waals surface area contributed by atoms with Crippen LogP contribution in [0, 0.1) is 0 Å². The van der Waals surface area contributed by atoms with Gasteiger partial charge in [0.25, 0.3) is 0 Å². The summed E-state index contributed by atoms with van der Waals surface area (Å²) in [4.78, 5) is 16.1. The summed E-state index contributed by atoms with van der Waals surface area (Å²) in [6, 6.07) is 5.47. The number of carbonyl (C=O) groups is 1. The van der Waals surface area contributed by atoms with E-state index in [0.717, 1.165) is 36.8 Å². The molecule has 1 aromatic heterocycles. The predicted octanol–water partition coefficient (Wildman–Crippen LogP) is 4.61. The van der Waals surface area contributed by atoms with Crippen LogP contribution in [0.15, 0.2) is 24.4 Å². The summed E-state index contributed by atoms with van der Waals surface area (Å²) in [5.41, 5.74) is -0.0375. The van der Waals surface area contributed by atoms with Gasteiger partial charge in [-0.2, -0.15) is 0 Å². The average Bonchev–Trinajstić information content (AvgIpc) is 2.63. The number of nitrogens with zero attached hydrogens (tertiary/aromatic N) is 1. The molecule has 25 heavy (non-hydrogen) atoms. The number of hydrogen-bond donors (Lipinski definition) is 1. The van der Waals surface area contributed by atoms with Gasteiger partial charge in [0.2, 0.25) is 0 Å². The molecule has 3 rings (SSSR count). The highest BCUT2D eigenvalue weighted by atomic mass is 16.5. The Labute approximate surface area is 148 Å². The number of hydrogen-bond acceptors (Lipinski definition) is 5. The number of rotatable bonds is 6. The van der Waals surface area contributed by atoms with Crippen LogP contribution < -0.4 is 4.74 Å². The molecule has 0 atom stereocenters. The molecule has 2 aromatic rings. The maximum absolute atomic E-state index is 12.0. The van der Waals surface area contributed by atoms with E-state index in [4.69, 9.17) is 9.47 Å². The molecule has 134 valence electrons. The first-order valence-corrected chi connectivity index (χ1v) is 9.14. The van der Waals surface area contributed by atoms with Gasteiger partial charge in [-0.25, -0.2) is 9.78 Å². The Morgan fingerprint density at radius 2 is 2.08 bits per heavy atom.